The Morgan fingerprint density at radius 2 is 1.40 bits per heavy atom. The summed E-state index contributed by atoms with van der Waals surface area (Å²) in [6.45, 7) is 4.04. The van der Waals surface area contributed by atoms with Crippen LogP contribution in [0.2, 0.25) is 0 Å². The van der Waals surface area contributed by atoms with Crippen LogP contribution >= 0.6 is 0 Å². The third-order valence-corrected chi connectivity index (χ3v) is 1.87. The summed E-state index contributed by atoms with van der Waals surface area (Å²) in [5.74, 6) is 2.34. The summed E-state index contributed by atoms with van der Waals surface area (Å²) in [5, 5.41) is 3.34. The van der Waals surface area contributed by atoms with E-state index in [1.165, 1.54) is 0 Å². The molecule has 0 aliphatic heterocycles. The molecule has 0 aromatic carbocycles. The SMILES string of the molecule is C#CCOCOCCOCCOCCOCCN=[N+]=[N-]. The van der Waals surface area contributed by atoms with Crippen LogP contribution in [-0.4, -0.2) is 66.2 Å². The average molecular weight is 287 g/mol. The molecular formula is C12H21N3O5. The Balaban J connectivity index is 2.96. The Morgan fingerprint density at radius 1 is 0.850 bits per heavy atom. The van der Waals surface area contributed by atoms with Gasteiger partial charge in [0.2, 0.25) is 0 Å². The van der Waals surface area contributed by atoms with Gasteiger partial charge in [0.1, 0.15) is 13.4 Å². The normalized spacial score (nSPS) is 9.95. The molecule has 0 unspecified atom stereocenters. The summed E-state index contributed by atoms with van der Waals surface area (Å²) in [6, 6.07) is 0. The van der Waals surface area contributed by atoms with Crippen molar-refractivity contribution in [2.24, 2.45) is 5.11 Å². The van der Waals surface area contributed by atoms with Gasteiger partial charge in [0.25, 0.3) is 0 Å². The smallest absolute Gasteiger partial charge is 0.148 e. The molecule has 0 aliphatic carbocycles. The fourth-order valence-electron chi connectivity index (χ4n) is 1.03. The minimum atomic E-state index is 0.178. The molecule has 20 heavy (non-hydrogen) atoms. The molecule has 8 heteroatoms. The summed E-state index contributed by atoms with van der Waals surface area (Å²) < 4.78 is 25.7. The highest BCUT2D eigenvalue weighted by atomic mass is 16.7. The molecule has 0 heterocycles. The predicted molar refractivity (Wildman–Crippen MR) is 72.1 cm³/mol. The molecule has 0 spiro atoms. The minimum absolute atomic E-state index is 0.178. The maximum absolute atomic E-state index is 8.02. The lowest BCUT2D eigenvalue weighted by Gasteiger charge is -2.06. The van der Waals surface area contributed by atoms with Gasteiger partial charge < -0.3 is 23.7 Å². The van der Waals surface area contributed by atoms with E-state index in [2.05, 4.69) is 15.9 Å². The Hall–Kier alpha value is -1.33. The molecule has 0 fully saturated rings. The molecule has 0 aliphatic rings. The quantitative estimate of drug-likeness (QED) is 0.112. The topological polar surface area (TPSA) is 94.9 Å². The van der Waals surface area contributed by atoms with Gasteiger partial charge >= 0.3 is 0 Å². The average Bonchev–Trinajstić information content (AvgIpc) is 2.47. The third kappa shape index (κ3) is 16.7. The van der Waals surface area contributed by atoms with Gasteiger partial charge in [-0.15, -0.1) is 6.42 Å². The highest BCUT2D eigenvalue weighted by Crippen LogP contribution is 1.84. The second-order valence-corrected chi connectivity index (χ2v) is 3.37. The van der Waals surface area contributed by atoms with Crippen LogP contribution in [0.3, 0.4) is 0 Å². The van der Waals surface area contributed by atoms with Gasteiger partial charge in [-0.3, -0.25) is 0 Å². The predicted octanol–water partition coefficient (Wildman–Crippen LogP) is 0.970. The zero-order valence-electron chi connectivity index (χ0n) is 11.5. The lowest BCUT2D eigenvalue weighted by molar-refractivity contribution is -0.0646. The summed E-state index contributed by atoms with van der Waals surface area (Å²) in [7, 11) is 0. The van der Waals surface area contributed by atoms with E-state index in [9.17, 15) is 0 Å². The Bertz CT molecular complexity index is 289. The summed E-state index contributed by atoms with van der Waals surface area (Å²) in [4.78, 5) is 2.61. The lowest BCUT2D eigenvalue weighted by atomic mass is 10.7. The molecule has 0 bridgehead atoms. The molecule has 0 rings (SSSR count). The van der Waals surface area contributed by atoms with Crippen LogP contribution in [0.1, 0.15) is 0 Å². The van der Waals surface area contributed by atoms with Gasteiger partial charge in [-0.1, -0.05) is 11.0 Å². The first-order chi connectivity index (χ1) is 9.91. The number of nitrogens with zero attached hydrogens (tertiary/aromatic N) is 3. The van der Waals surface area contributed by atoms with Crippen molar-refractivity contribution in [1.82, 2.24) is 0 Å². The second-order valence-electron chi connectivity index (χ2n) is 3.37. The molecule has 0 N–H and O–H groups in total. The van der Waals surface area contributed by atoms with Crippen LogP contribution in [-0.2, 0) is 23.7 Å². The van der Waals surface area contributed by atoms with E-state index in [4.69, 9.17) is 35.6 Å². The highest BCUT2D eigenvalue weighted by molar-refractivity contribution is 4.82. The van der Waals surface area contributed by atoms with Crippen LogP contribution in [0.25, 0.3) is 10.4 Å². The van der Waals surface area contributed by atoms with E-state index in [0.29, 0.717) is 52.8 Å². The van der Waals surface area contributed by atoms with Crippen molar-refractivity contribution in [3.8, 4) is 12.3 Å². The molecule has 0 radical (unpaired) electrons. The molecular weight excluding hydrogens is 266 g/mol. The first-order valence-corrected chi connectivity index (χ1v) is 6.25. The van der Waals surface area contributed by atoms with Crippen molar-refractivity contribution in [2.45, 2.75) is 0 Å². The van der Waals surface area contributed by atoms with Crippen molar-refractivity contribution in [3.05, 3.63) is 10.4 Å². The zero-order chi connectivity index (χ0) is 14.7. The van der Waals surface area contributed by atoms with Gasteiger partial charge in [0.15, 0.2) is 0 Å². The second kappa shape index (κ2) is 17.7. The fourth-order valence-corrected chi connectivity index (χ4v) is 1.03. The number of terminal acetylenes is 1. The van der Waals surface area contributed by atoms with Gasteiger partial charge in [0, 0.05) is 11.5 Å². The molecule has 0 saturated carbocycles. The molecule has 0 atom stereocenters. The molecule has 0 aromatic heterocycles. The van der Waals surface area contributed by atoms with E-state index in [-0.39, 0.29) is 13.4 Å². The summed E-state index contributed by atoms with van der Waals surface area (Å²) >= 11 is 0. The highest BCUT2D eigenvalue weighted by Gasteiger charge is 1.92. The summed E-state index contributed by atoms with van der Waals surface area (Å²) in [6.07, 6.45) is 4.99. The fraction of sp³-hybridized carbons (Fsp3) is 0.833. The number of azide groups is 1. The minimum Gasteiger partial charge on any atom is -0.379 e. The van der Waals surface area contributed by atoms with Crippen molar-refractivity contribution in [3.63, 3.8) is 0 Å². The lowest BCUT2D eigenvalue weighted by Crippen LogP contribution is -2.13. The first kappa shape index (κ1) is 18.7. The molecule has 8 nitrogen and oxygen atoms in total. The number of ether oxygens (including phenoxy) is 5. The van der Waals surface area contributed by atoms with Gasteiger partial charge in [-0.2, -0.15) is 0 Å². The van der Waals surface area contributed by atoms with Crippen molar-refractivity contribution in [1.29, 1.82) is 0 Å². The van der Waals surface area contributed by atoms with Gasteiger partial charge in [-0.05, 0) is 5.53 Å². The monoisotopic (exact) mass is 287 g/mol. The third-order valence-electron chi connectivity index (χ3n) is 1.87. The summed E-state index contributed by atoms with van der Waals surface area (Å²) in [5.41, 5.74) is 8.02. The van der Waals surface area contributed by atoms with Crippen LogP contribution < -0.4 is 0 Å². The van der Waals surface area contributed by atoms with Crippen molar-refractivity contribution < 1.29 is 23.7 Å². The largest absolute Gasteiger partial charge is 0.379 e. The Morgan fingerprint density at radius 3 is 1.95 bits per heavy atom. The Kier molecular flexibility index (Phi) is 16.5. The van der Waals surface area contributed by atoms with E-state index in [0.717, 1.165) is 0 Å². The van der Waals surface area contributed by atoms with Crippen LogP contribution in [0.5, 0.6) is 0 Å². The Labute approximate surface area is 118 Å². The number of rotatable bonds is 15. The van der Waals surface area contributed by atoms with E-state index >= 15 is 0 Å². The van der Waals surface area contributed by atoms with Crippen LogP contribution in [0, 0.1) is 12.3 Å². The van der Waals surface area contributed by atoms with Crippen molar-refractivity contribution in [2.75, 3.05) is 66.2 Å². The van der Waals surface area contributed by atoms with Crippen molar-refractivity contribution >= 4 is 0 Å². The maximum atomic E-state index is 8.02. The van der Waals surface area contributed by atoms with Gasteiger partial charge in [-0.25, -0.2) is 0 Å². The zero-order valence-corrected chi connectivity index (χ0v) is 11.5. The van der Waals surface area contributed by atoms with Crippen LogP contribution in [0.4, 0.5) is 0 Å². The standard InChI is InChI=1S/C12H21N3O5/c1-2-4-19-12-20-11-10-18-9-8-17-7-6-16-5-3-14-15-13/h1H,3-12H2. The molecule has 0 saturated heterocycles. The maximum Gasteiger partial charge on any atom is 0.148 e. The first-order valence-electron chi connectivity index (χ1n) is 6.25. The van der Waals surface area contributed by atoms with E-state index < -0.39 is 0 Å². The molecule has 0 amide bonds. The van der Waals surface area contributed by atoms with E-state index in [1.54, 1.807) is 0 Å². The molecule has 114 valence electrons. The van der Waals surface area contributed by atoms with Crippen LogP contribution in [0.15, 0.2) is 5.11 Å². The van der Waals surface area contributed by atoms with Gasteiger partial charge in [0.05, 0.1) is 46.2 Å². The number of hydrogen-bond acceptors (Lipinski definition) is 6. The number of hydrogen-bond donors (Lipinski definition) is 0. The molecule has 0 aromatic rings. The van der Waals surface area contributed by atoms with E-state index in [1.807, 2.05) is 0 Å².